The molecular formula is C15H22ClN3O3. The van der Waals surface area contributed by atoms with Crippen LogP contribution in [0, 0.1) is 0 Å². The van der Waals surface area contributed by atoms with Crippen molar-refractivity contribution in [1.29, 1.82) is 0 Å². The van der Waals surface area contributed by atoms with Gasteiger partial charge in [0, 0.05) is 12.2 Å². The van der Waals surface area contributed by atoms with E-state index < -0.39 is 0 Å². The number of nitrogens with one attached hydrogen (secondary N) is 3. The molecule has 1 atom stereocenters. The highest BCUT2D eigenvalue weighted by Crippen LogP contribution is 2.16. The van der Waals surface area contributed by atoms with Crippen LogP contribution in [-0.2, 0) is 9.59 Å². The van der Waals surface area contributed by atoms with Gasteiger partial charge in [0.05, 0.1) is 6.04 Å². The monoisotopic (exact) mass is 327 g/mol. The number of benzene rings is 1. The third kappa shape index (κ3) is 5.54. The Morgan fingerprint density at radius 1 is 1.32 bits per heavy atom. The van der Waals surface area contributed by atoms with E-state index in [1.165, 1.54) is 0 Å². The molecule has 3 N–H and O–H groups in total. The van der Waals surface area contributed by atoms with Gasteiger partial charge in [0.1, 0.15) is 5.75 Å². The van der Waals surface area contributed by atoms with Crippen molar-refractivity contribution < 1.29 is 14.3 Å². The molecule has 0 radical (unpaired) electrons. The molecule has 2 amide bonds. The van der Waals surface area contributed by atoms with E-state index in [1.807, 2.05) is 6.92 Å². The molecule has 2 rings (SSSR count). The topological polar surface area (TPSA) is 79.5 Å². The second kappa shape index (κ2) is 9.27. The molecule has 7 heteroatoms. The van der Waals surface area contributed by atoms with E-state index in [1.54, 1.807) is 24.3 Å². The van der Waals surface area contributed by atoms with Crippen molar-refractivity contribution in [3.8, 4) is 5.75 Å². The summed E-state index contributed by atoms with van der Waals surface area (Å²) in [6.45, 7) is 3.33. The number of amides is 2. The van der Waals surface area contributed by atoms with Crippen LogP contribution in [-0.4, -0.2) is 37.6 Å². The average molecular weight is 328 g/mol. The van der Waals surface area contributed by atoms with Gasteiger partial charge in [0.25, 0.3) is 5.91 Å². The van der Waals surface area contributed by atoms with E-state index in [-0.39, 0.29) is 36.9 Å². The lowest BCUT2D eigenvalue weighted by molar-refractivity contribution is -0.123. The Kier molecular flexibility index (Phi) is 7.70. The van der Waals surface area contributed by atoms with Crippen molar-refractivity contribution in [2.24, 2.45) is 0 Å². The highest BCUT2D eigenvalue weighted by Gasteiger charge is 2.21. The van der Waals surface area contributed by atoms with Gasteiger partial charge in [-0.05, 0) is 50.6 Å². The summed E-state index contributed by atoms with van der Waals surface area (Å²) in [4.78, 5) is 23.2. The molecule has 1 aromatic carbocycles. The third-order valence-electron chi connectivity index (χ3n) is 3.24. The maximum atomic E-state index is 11.9. The largest absolute Gasteiger partial charge is 0.484 e. The highest BCUT2D eigenvalue weighted by atomic mass is 35.5. The first kappa shape index (κ1) is 18.3. The van der Waals surface area contributed by atoms with Crippen LogP contribution in [0.15, 0.2) is 24.3 Å². The maximum Gasteiger partial charge on any atom is 0.257 e. The average Bonchev–Trinajstić information content (AvgIpc) is 3.01. The minimum absolute atomic E-state index is 0. The molecule has 0 spiro atoms. The predicted molar refractivity (Wildman–Crippen MR) is 87.5 cm³/mol. The van der Waals surface area contributed by atoms with E-state index >= 15 is 0 Å². The molecular weight excluding hydrogens is 306 g/mol. The fourth-order valence-electron chi connectivity index (χ4n) is 2.17. The van der Waals surface area contributed by atoms with Gasteiger partial charge in [-0.25, -0.2) is 0 Å². The Balaban J connectivity index is 0.00000242. The van der Waals surface area contributed by atoms with E-state index in [4.69, 9.17) is 4.74 Å². The van der Waals surface area contributed by atoms with Gasteiger partial charge in [-0.2, -0.15) is 0 Å². The maximum absolute atomic E-state index is 11.9. The number of carbonyl (C=O) groups excluding carboxylic acids is 2. The van der Waals surface area contributed by atoms with Gasteiger partial charge in [-0.1, -0.05) is 0 Å². The minimum Gasteiger partial charge on any atom is -0.484 e. The third-order valence-corrected chi connectivity index (χ3v) is 3.24. The van der Waals surface area contributed by atoms with Crippen molar-refractivity contribution in [3.05, 3.63) is 24.3 Å². The van der Waals surface area contributed by atoms with Crippen molar-refractivity contribution in [2.45, 2.75) is 25.8 Å². The number of halogens is 1. The van der Waals surface area contributed by atoms with E-state index in [0.29, 0.717) is 12.3 Å². The number of hydrogen-bond acceptors (Lipinski definition) is 4. The summed E-state index contributed by atoms with van der Waals surface area (Å²) in [5, 5.41) is 8.67. The van der Waals surface area contributed by atoms with Crippen LogP contribution in [0.2, 0.25) is 0 Å². The van der Waals surface area contributed by atoms with Gasteiger partial charge in [0.2, 0.25) is 5.91 Å². The Morgan fingerprint density at radius 2 is 2.05 bits per heavy atom. The Bertz CT molecular complexity index is 487. The minimum atomic E-state index is -0.151. The molecule has 0 bridgehead atoms. The molecule has 1 aliphatic rings. The Hall–Kier alpha value is -1.79. The molecule has 1 saturated heterocycles. The number of likely N-dealkylation sites (N-methyl/N-ethyl adjacent to an activating group) is 1. The van der Waals surface area contributed by atoms with Gasteiger partial charge >= 0.3 is 0 Å². The lowest BCUT2D eigenvalue weighted by Gasteiger charge is -2.11. The number of rotatable bonds is 6. The standard InChI is InChI=1S/C15H21N3O3.ClH/c1-2-16-14(19)10-21-12-7-5-11(6-8-12)18-15(20)13-4-3-9-17-13;/h5-8,13,17H,2-4,9-10H2,1H3,(H,16,19)(H,18,20);1H. The van der Waals surface area contributed by atoms with Gasteiger partial charge in [0.15, 0.2) is 6.61 Å². The molecule has 0 saturated carbocycles. The smallest absolute Gasteiger partial charge is 0.257 e. The van der Waals surface area contributed by atoms with E-state index in [0.717, 1.165) is 25.1 Å². The molecule has 1 aromatic rings. The summed E-state index contributed by atoms with van der Waals surface area (Å²) in [7, 11) is 0. The SMILES string of the molecule is CCNC(=O)COc1ccc(NC(=O)C2CCCN2)cc1.Cl. The highest BCUT2D eigenvalue weighted by molar-refractivity contribution is 5.95. The van der Waals surface area contributed by atoms with Crippen LogP contribution in [0.3, 0.4) is 0 Å². The number of anilines is 1. The lowest BCUT2D eigenvalue weighted by Crippen LogP contribution is -2.35. The normalized spacial score (nSPS) is 16.5. The molecule has 6 nitrogen and oxygen atoms in total. The fraction of sp³-hybridized carbons (Fsp3) is 0.467. The molecule has 122 valence electrons. The second-order valence-corrected chi connectivity index (χ2v) is 4.90. The van der Waals surface area contributed by atoms with Crippen molar-refractivity contribution in [2.75, 3.05) is 25.0 Å². The molecule has 1 aliphatic heterocycles. The Morgan fingerprint density at radius 3 is 2.64 bits per heavy atom. The Labute approximate surface area is 136 Å². The quantitative estimate of drug-likeness (QED) is 0.736. The summed E-state index contributed by atoms with van der Waals surface area (Å²) in [6, 6.07) is 6.90. The first-order valence-electron chi connectivity index (χ1n) is 7.23. The van der Waals surface area contributed by atoms with Crippen LogP contribution in [0.25, 0.3) is 0 Å². The number of ether oxygens (including phenoxy) is 1. The molecule has 0 aromatic heterocycles. The first-order valence-corrected chi connectivity index (χ1v) is 7.23. The number of hydrogen-bond donors (Lipinski definition) is 3. The lowest BCUT2D eigenvalue weighted by atomic mass is 10.2. The van der Waals surface area contributed by atoms with Crippen LogP contribution in [0.5, 0.6) is 5.75 Å². The number of carbonyl (C=O) groups is 2. The zero-order chi connectivity index (χ0) is 15.1. The van der Waals surface area contributed by atoms with Crippen LogP contribution >= 0.6 is 12.4 Å². The summed E-state index contributed by atoms with van der Waals surface area (Å²) in [6.07, 6.45) is 1.91. The summed E-state index contributed by atoms with van der Waals surface area (Å²) in [5.74, 6) is 0.434. The van der Waals surface area contributed by atoms with E-state index in [9.17, 15) is 9.59 Å². The summed E-state index contributed by atoms with van der Waals surface area (Å²) < 4.78 is 5.34. The zero-order valence-corrected chi connectivity index (χ0v) is 13.4. The first-order chi connectivity index (χ1) is 10.2. The van der Waals surface area contributed by atoms with Crippen LogP contribution in [0.1, 0.15) is 19.8 Å². The van der Waals surface area contributed by atoms with E-state index in [2.05, 4.69) is 16.0 Å². The van der Waals surface area contributed by atoms with Crippen molar-refractivity contribution in [1.82, 2.24) is 10.6 Å². The zero-order valence-electron chi connectivity index (χ0n) is 12.6. The van der Waals surface area contributed by atoms with Gasteiger partial charge in [-0.15, -0.1) is 12.4 Å². The van der Waals surface area contributed by atoms with Crippen molar-refractivity contribution in [3.63, 3.8) is 0 Å². The van der Waals surface area contributed by atoms with Crippen molar-refractivity contribution >= 4 is 29.9 Å². The van der Waals surface area contributed by atoms with Crippen LogP contribution in [0.4, 0.5) is 5.69 Å². The molecule has 1 heterocycles. The van der Waals surface area contributed by atoms with Gasteiger partial charge in [-0.3, -0.25) is 9.59 Å². The second-order valence-electron chi connectivity index (χ2n) is 4.90. The molecule has 1 unspecified atom stereocenters. The van der Waals surface area contributed by atoms with Gasteiger partial charge < -0.3 is 20.7 Å². The van der Waals surface area contributed by atoms with Crippen LogP contribution < -0.4 is 20.7 Å². The molecule has 0 aliphatic carbocycles. The molecule has 1 fully saturated rings. The molecule has 22 heavy (non-hydrogen) atoms. The summed E-state index contributed by atoms with van der Waals surface area (Å²) >= 11 is 0. The predicted octanol–water partition coefficient (Wildman–Crippen LogP) is 1.31. The summed E-state index contributed by atoms with van der Waals surface area (Å²) in [5.41, 5.74) is 0.721. The fourth-order valence-corrected chi connectivity index (χ4v) is 2.17.